The van der Waals surface area contributed by atoms with Crippen LogP contribution in [0.3, 0.4) is 0 Å². The van der Waals surface area contributed by atoms with Crippen molar-refractivity contribution in [3.05, 3.63) is 12.2 Å². The maximum Gasteiger partial charge on any atom is 0.330 e. The van der Waals surface area contributed by atoms with Gasteiger partial charge in [0.1, 0.15) is 6.67 Å². The molecular formula is C6H11FN2O2. The van der Waals surface area contributed by atoms with Crippen LogP contribution in [0.4, 0.5) is 4.39 Å². The smallest absolute Gasteiger partial charge is 0.330 e. The van der Waals surface area contributed by atoms with E-state index < -0.39 is 18.2 Å². The molecule has 0 rings (SSSR count). The summed E-state index contributed by atoms with van der Waals surface area (Å²) in [6, 6.07) is 0. The maximum atomic E-state index is 12.0. The number of carbonyl (C=O) groups is 1. The van der Waals surface area contributed by atoms with Gasteiger partial charge in [-0.05, 0) is 0 Å². The highest BCUT2D eigenvalue weighted by molar-refractivity contribution is 5.81. The molecule has 11 heavy (non-hydrogen) atoms. The van der Waals surface area contributed by atoms with Crippen LogP contribution in [-0.2, 0) is 4.79 Å². The predicted molar refractivity (Wildman–Crippen MR) is 38.7 cm³/mol. The lowest BCUT2D eigenvalue weighted by molar-refractivity contribution is -0.141. The average Bonchev–Trinajstić information content (AvgIpc) is 2.00. The van der Waals surface area contributed by atoms with E-state index in [2.05, 4.69) is 0 Å². The summed E-state index contributed by atoms with van der Waals surface area (Å²) in [4.78, 5) is 10.3. The average molecular weight is 162 g/mol. The third kappa shape index (κ3) is 2.65. The minimum absolute atomic E-state index is 0.145. The highest BCUT2D eigenvalue weighted by Crippen LogP contribution is 2.03. The maximum absolute atomic E-state index is 12.0. The van der Waals surface area contributed by atoms with E-state index in [0.717, 1.165) is 6.08 Å². The van der Waals surface area contributed by atoms with Crippen molar-refractivity contribution in [2.45, 2.75) is 5.54 Å². The van der Waals surface area contributed by atoms with Gasteiger partial charge in [0.05, 0.1) is 0 Å². The lowest BCUT2D eigenvalue weighted by Crippen LogP contribution is -2.48. The van der Waals surface area contributed by atoms with E-state index in [1.54, 1.807) is 0 Å². The monoisotopic (exact) mass is 162 g/mol. The number of halogens is 1. The Balaban J connectivity index is 4.34. The van der Waals surface area contributed by atoms with Crippen LogP contribution in [0.2, 0.25) is 0 Å². The SMILES string of the molecule is NCC=CC(N)(CF)C(=O)O. The summed E-state index contributed by atoms with van der Waals surface area (Å²) in [6.45, 7) is -0.995. The summed E-state index contributed by atoms with van der Waals surface area (Å²) in [5.74, 6) is -1.40. The fourth-order valence-electron chi connectivity index (χ4n) is 0.451. The van der Waals surface area contributed by atoms with Crippen LogP contribution in [0.5, 0.6) is 0 Å². The standard InChI is InChI=1S/C6H11FN2O2/c7-4-6(9,5(10)11)2-1-3-8/h1-2H,3-4,8-9H2,(H,10,11). The first-order valence-corrected chi connectivity index (χ1v) is 3.03. The summed E-state index contributed by atoms with van der Waals surface area (Å²) in [7, 11) is 0. The van der Waals surface area contributed by atoms with E-state index in [1.165, 1.54) is 6.08 Å². The minimum Gasteiger partial charge on any atom is -0.480 e. The van der Waals surface area contributed by atoms with Crippen LogP contribution in [0, 0.1) is 0 Å². The van der Waals surface area contributed by atoms with E-state index in [-0.39, 0.29) is 6.54 Å². The number of hydrogen-bond acceptors (Lipinski definition) is 3. The lowest BCUT2D eigenvalue weighted by atomic mass is 10.0. The van der Waals surface area contributed by atoms with E-state index in [4.69, 9.17) is 16.6 Å². The Hall–Kier alpha value is -0.940. The third-order valence-electron chi connectivity index (χ3n) is 1.17. The summed E-state index contributed by atoms with van der Waals surface area (Å²) in [6.07, 6.45) is 2.36. The van der Waals surface area contributed by atoms with Gasteiger partial charge in [0.2, 0.25) is 0 Å². The van der Waals surface area contributed by atoms with Gasteiger partial charge in [0.15, 0.2) is 5.54 Å². The molecule has 0 heterocycles. The quantitative estimate of drug-likeness (QED) is 0.474. The molecule has 0 aromatic rings. The second kappa shape index (κ2) is 4.05. The molecule has 0 saturated carbocycles. The summed E-state index contributed by atoms with van der Waals surface area (Å²) < 4.78 is 12.0. The molecule has 5 heteroatoms. The van der Waals surface area contributed by atoms with Crippen LogP contribution in [0.15, 0.2) is 12.2 Å². The van der Waals surface area contributed by atoms with Gasteiger partial charge < -0.3 is 16.6 Å². The van der Waals surface area contributed by atoms with Crippen LogP contribution >= 0.6 is 0 Å². The topological polar surface area (TPSA) is 89.3 Å². The molecule has 0 saturated heterocycles. The molecule has 1 unspecified atom stereocenters. The van der Waals surface area contributed by atoms with Crippen LogP contribution in [-0.4, -0.2) is 29.8 Å². The van der Waals surface area contributed by atoms with Gasteiger partial charge in [-0.25, -0.2) is 9.18 Å². The zero-order valence-corrected chi connectivity index (χ0v) is 5.96. The molecule has 0 radical (unpaired) electrons. The molecule has 1 atom stereocenters. The molecule has 0 amide bonds. The number of nitrogens with two attached hydrogens (primary N) is 2. The van der Waals surface area contributed by atoms with Crippen molar-refractivity contribution in [2.24, 2.45) is 11.5 Å². The summed E-state index contributed by atoms with van der Waals surface area (Å²) in [5, 5.41) is 8.40. The molecule has 0 aromatic heterocycles. The lowest BCUT2D eigenvalue weighted by Gasteiger charge is -2.15. The number of carboxylic acid groups (broad SMARTS) is 1. The second-order valence-corrected chi connectivity index (χ2v) is 2.12. The Bertz CT molecular complexity index is 172. The molecule has 0 fully saturated rings. The largest absolute Gasteiger partial charge is 0.480 e. The van der Waals surface area contributed by atoms with E-state index in [9.17, 15) is 9.18 Å². The van der Waals surface area contributed by atoms with Gasteiger partial charge in [-0.15, -0.1) is 0 Å². The predicted octanol–water partition coefficient (Wildman–Crippen LogP) is -0.747. The second-order valence-electron chi connectivity index (χ2n) is 2.12. The highest BCUT2D eigenvalue weighted by Gasteiger charge is 2.30. The van der Waals surface area contributed by atoms with Gasteiger partial charge in [-0.2, -0.15) is 0 Å². The minimum atomic E-state index is -1.92. The van der Waals surface area contributed by atoms with Gasteiger partial charge in [0, 0.05) is 6.54 Å². The van der Waals surface area contributed by atoms with Gasteiger partial charge >= 0.3 is 5.97 Å². The van der Waals surface area contributed by atoms with E-state index >= 15 is 0 Å². The Morgan fingerprint density at radius 2 is 2.27 bits per heavy atom. The molecular weight excluding hydrogens is 151 g/mol. The molecule has 64 valence electrons. The first kappa shape index (κ1) is 10.1. The van der Waals surface area contributed by atoms with E-state index in [0.29, 0.717) is 0 Å². The number of rotatable bonds is 4. The molecule has 0 bridgehead atoms. The fraction of sp³-hybridized carbons (Fsp3) is 0.500. The van der Waals surface area contributed by atoms with Crippen molar-refractivity contribution in [2.75, 3.05) is 13.2 Å². The Morgan fingerprint density at radius 1 is 1.73 bits per heavy atom. The third-order valence-corrected chi connectivity index (χ3v) is 1.17. The van der Waals surface area contributed by atoms with Crippen LogP contribution in [0.25, 0.3) is 0 Å². The number of carboxylic acids is 1. The zero-order chi connectivity index (χ0) is 8.91. The number of hydrogen-bond donors (Lipinski definition) is 3. The fourth-order valence-corrected chi connectivity index (χ4v) is 0.451. The number of alkyl halides is 1. The van der Waals surface area contributed by atoms with Gasteiger partial charge in [0.25, 0.3) is 0 Å². The van der Waals surface area contributed by atoms with Crippen molar-refractivity contribution in [1.82, 2.24) is 0 Å². The first-order chi connectivity index (χ1) is 5.06. The molecule has 0 aliphatic rings. The zero-order valence-electron chi connectivity index (χ0n) is 5.96. The molecule has 0 aliphatic heterocycles. The van der Waals surface area contributed by atoms with Crippen LogP contribution in [0.1, 0.15) is 0 Å². The van der Waals surface area contributed by atoms with Crippen molar-refractivity contribution in [3.8, 4) is 0 Å². The molecule has 0 aliphatic carbocycles. The van der Waals surface area contributed by atoms with Crippen molar-refractivity contribution < 1.29 is 14.3 Å². The molecule has 0 spiro atoms. The van der Waals surface area contributed by atoms with Crippen LogP contribution < -0.4 is 11.5 Å². The summed E-state index contributed by atoms with van der Waals surface area (Å²) >= 11 is 0. The highest BCUT2D eigenvalue weighted by atomic mass is 19.1. The summed E-state index contributed by atoms with van der Waals surface area (Å²) in [5.41, 5.74) is 8.22. The van der Waals surface area contributed by atoms with E-state index in [1.807, 2.05) is 0 Å². The molecule has 4 nitrogen and oxygen atoms in total. The van der Waals surface area contributed by atoms with Gasteiger partial charge in [-0.1, -0.05) is 12.2 Å². The van der Waals surface area contributed by atoms with Crippen molar-refractivity contribution in [3.63, 3.8) is 0 Å². The normalized spacial score (nSPS) is 16.6. The molecule has 0 aromatic carbocycles. The molecule has 5 N–H and O–H groups in total. The first-order valence-electron chi connectivity index (χ1n) is 3.03. The van der Waals surface area contributed by atoms with Crippen molar-refractivity contribution >= 4 is 5.97 Å². The Morgan fingerprint density at radius 3 is 2.55 bits per heavy atom. The Labute approximate surface area is 63.7 Å². The number of aliphatic carboxylic acids is 1. The van der Waals surface area contributed by atoms with Gasteiger partial charge in [-0.3, -0.25) is 0 Å². The Kier molecular flexibility index (Phi) is 3.70. The van der Waals surface area contributed by atoms with Crippen molar-refractivity contribution in [1.29, 1.82) is 0 Å².